The average molecular weight is 431 g/mol. The fourth-order valence-electron chi connectivity index (χ4n) is 4.67. The van der Waals surface area contributed by atoms with E-state index in [1.807, 2.05) is 50.4 Å². The maximum Gasteiger partial charge on any atom is 0.271 e. The second-order valence-corrected chi connectivity index (χ2v) is 9.25. The average Bonchev–Trinajstić information content (AvgIpc) is 3.33. The number of amides is 2. The molecule has 1 aliphatic carbocycles. The van der Waals surface area contributed by atoms with Crippen molar-refractivity contribution in [1.82, 2.24) is 19.7 Å². The van der Waals surface area contributed by atoms with Gasteiger partial charge in [-0.05, 0) is 52.6 Å². The number of furan rings is 1. The normalized spacial score (nSPS) is 25.9. The molecule has 1 atom stereocenters. The molecule has 2 aromatic rings. The zero-order valence-electron chi connectivity index (χ0n) is 19.9. The van der Waals surface area contributed by atoms with Crippen LogP contribution in [0, 0.1) is 5.92 Å². The Morgan fingerprint density at radius 3 is 2.58 bits per heavy atom. The number of carbonyl (C=O) groups excluding carboxylic acids is 2. The van der Waals surface area contributed by atoms with E-state index in [4.69, 9.17) is 4.42 Å². The first-order chi connectivity index (χ1) is 14.8. The van der Waals surface area contributed by atoms with Crippen LogP contribution in [0.2, 0.25) is 0 Å². The van der Waals surface area contributed by atoms with E-state index in [0.29, 0.717) is 30.9 Å². The summed E-state index contributed by atoms with van der Waals surface area (Å²) in [7, 11) is 3.95. The summed E-state index contributed by atoms with van der Waals surface area (Å²) in [5.41, 5.74) is 1.21. The van der Waals surface area contributed by atoms with Gasteiger partial charge < -0.3 is 24.1 Å². The fourth-order valence-corrected chi connectivity index (χ4v) is 4.67. The Morgan fingerprint density at radius 2 is 1.94 bits per heavy atom. The molecule has 3 heterocycles. The van der Waals surface area contributed by atoms with E-state index in [9.17, 15) is 9.59 Å². The van der Waals surface area contributed by atoms with Crippen molar-refractivity contribution in [3.63, 3.8) is 0 Å². The van der Waals surface area contributed by atoms with Gasteiger partial charge in [0.2, 0.25) is 5.91 Å². The summed E-state index contributed by atoms with van der Waals surface area (Å²) in [6, 6.07) is 3.85. The molecule has 2 aliphatic rings. The van der Waals surface area contributed by atoms with Gasteiger partial charge in [0.1, 0.15) is 11.2 Å². The van der Waals surface area contributed by atoms with Crippen LogP contribution in [0.3, 0.4) is 0 Å². The Hall–Kier alpha value is -2.28. The highest BCUT2D eigenvalue weighted by atomic mass is 16.3. The van der Waals surface area contributed by atoms with Crippen molar-refractivity contribution in [3.8, 4) is 0 Å². The SMILES string of the molecule is CC.CC1CCC(NC(=O)C2(C)Cn3c(cc4occc43)C(=O)N2CCN(C)C)CC1. The molecule has 1 aliphatic heterocycles. The van der Waals surface area contributed by atoms with Gasteiger partial charge >= 0.3 is 0 Å². The van der Waals surface area contributed by atoms with E-state index in [-0.39, 0.29) is 17.9 Å². The minimum Gasteiger partial charge on any atom is -0.463 e. The minimum atomic E-state index is -0.938. The quantitative estimate of drug-likeness (QED) is 0.785. The first-order valence-corrected chi connectivity index (χ1v) is 11.6. The van der Waals surface area contributed by atoms with Crippen molar-refractivity contribution in [2.75, 3.05) is 27.2 Å². The van der Waals surface area contributed by atoms with Gasteiger partial charge in [0.25, 0.3) is 5.91 Å². The van der Waals surface area contributed by atoms with Crippen LogP contribution >= 0.6 is 0 Å². The molecular weight excluding hydrogens is 392 g/mol. The third kappa shape index (κ3) is 4.52. The van der Waals surface area contributed by atoms with E-state index >= 15 is 0 Å². The van der Waals surface area contributed by atoms with E-state index in [2.05, 4.69) is 12.2 Å². The molecule has 0 radical (unpaired) electrons. The molecule has 1 saturated carbocycles. The number of likely N-dealkylation sites (N-methyl/N-ethyl adjacent to an activating group) is 1. The number of fused-ring (bicyclic) bond motifs is 3. The third-order valence-corrected chi connectivity index (χ3v) is 6.66. The van der Waals surface area contributed by atoms with Gasteiger partial charge in [-0.2, -0.15) is 0 Å². The highest BCUT2D eigenvalue weighted by Crippen LogP contribution is 2.33. The summed E-state index contributed by atoms with van der Waals surface area (Å²) >= 11 is 0. The molecule has 0 bridgehead atoms. The van der Waals surface area contributed by atoms with Crippen molar-refractivity contribution >= 4 is 22.9 Å². The van der Waals surface area contributed by atoms with Crippen molar-refractivity contribution in [2.24, 2.45) is 5.92 Å². The lowest BCUT2D eigenvalue weighted by Crippen LogP contribution is -2.65. The van der Waals surface area contributed by atoms with Gasteiger partial charge in [-0.25, -0.2) is 0 Å². The van der Waals surface area contributed by atoms with Crippen LogP contribution in [-0.4, -0.2) is 64.9 Å². The van der Waals surface area contributed by atoms with Crippen LogP contribution in [0.4, 0.5) is 0 Å². The Kier molecular flexibility index (Phi) is 7.14. The molecule has 0 aromatic carbocycles. The Balaban J connectivity index is 0.00000132. The summed E-state index contributed by atoms with van der Waals surface area (Å²) in [5.74, 6) is 0.558. The summed E-state index contributed by atoms with van der Waals surface area (Å²) in [6.07, 6.45) is 5.93. The number of nitrogens with zero attached hydrogens (tertiary/aromatic N) is 3. The van der Waals surface area contributed by atoms with E-state index < -0.39 is 5.54 Å². The minimum absolute atomic E-state index is 0.0554. The second-order valence-electron chi connectivity index (χ2n) is 9.25. The lowest BCUT2D eigenvalue weighted by atomic mass is 9.86. The van der Waals surface area contributed by atoms with Crippen molar-refractivity contribution < 1.29 is 14.0 Å². The van der Waals surface area contributed by atoms with Crippen LogP contribution in [0.1, 0.15) is 63.9 Å². The standard InChI is InChI=1S/C22H32N4O3.C2H6/c1-15-5-7-16(8-6-15)23-21(28)22(2)14-25-17-9-12-29-19(17)13-18(25)20(27)26(22)11-10-24(3)4;1-2/h9,12-13,15-16H,5-8,10-11,14H2,1-4H3,(H,23,28);1-2H3. The molecule has 172 valence electrons. The number of hydrogen-bond donors (Lipinski definition) is 1. The second kappa shape index (κ2) is 9.47. The summed E-state index contributed by atoms with van der Waals surface area (Å²) in [4.78, 5) is 30.7. The molecule has 1 unspecified atom stereocenters. The molecule has 4 rings (SSSR count). The predicted molar refractivity (Wildman–Crippen MR) is 123 cm³/mol. The molecule has 7 nitrogen and oxygen atoms in total. The zero-order chi connectivity index (χ0) is 22.8. The Labute approximate surface area is 185 Å². The van der Waals surface area contributed by atoms with Gasteiger partial charge in [-0.1, -0.05) is 20.8 Å². The Bertz CT molecular complexity index is 907. The highest BCUT2D eigenvalue weighted by Gasteiger charge is 2.48. The number of aromatic nitrogens is 1. The molecule has 1 N–H and O–H groups in total. The van der Waals surface area contributed by atoms with Gasteiger partial charge in [0.05, 0.1) is 18.3 Å². The molecule has 7 heteroatoms. The van der Waals surface area contributed by atoms with Crippen molar-refractivity contribution in [2.45, 2.75) is 71.5 Å². The lowest BCUT2D eigenvalue weighted by Gasteiger charge is -2.45. The molecule has 31 heavy (non-hydrogen) atoms. The predicted octanol–water partition coefficient (Wildman–Crippen LogP) is 3.73. The summed E-state index contributed by atoms with van der Waals surface area (Å²) in [5, 5.41) is 3.27. The largest absolute Gasteiger partial charge is 0.463 e. The van der Waals surface area contributed by atoms with Gasteiger partial charge in [-0.15, -0.1) is 0 Å². The first-order valence-electron chi connectivity index (χ1n) is 11.6. The molecular formula is C24H38N4O3. The van der Waals surface area contributed by atoms with E-state index in [0.717, 1.165) is 37.1 Å². The number of carbonyl (C=O) groups is 2. The van der Waals surface area contributed by atoms with E-state index in [1.54, 1.807) is 17.2 Å². The topological polar surface area (TPSA) is 70.7 Å². The van der Waals surface area contributed by atoms with Gasteiger partial charge in [0.15, 0.2) is 5.58 Å². The van der Waals surface area contributed by atoms with E-state index in [1.165, 1.54) is 0 Å². The van der Waals surface area contributed by atoms with Gasteiger partial charge in [-0.3, -0.25) is 9.59 Å². The van der Waals surface area contributed by atoms with Crippen LogP contribution in [0.5, 0.6) is 0 Å². The highest BCUT2D eigenvalue weighted by molar-refractivity contribution is 6.02. The monoisotopic (exact) mass is 430 g/mol. The lowest BCUT2D eigenvalue weighted by molar-refractivity contribution is -0.134. The molecule has 0 saturated heterocycles. The molecule has 1 fully saturated rings. The Morgan fingerprint density at radius 1 is 1.26 bits per heavy atom. The molecule has 0 spiro atoms. The maximum absolute atomic E-state index is 13.5. The number of rotatable bonds is 5. The fraction of sp³-hybridized carbons (Fsp3) is 0.667. The maximum atomic E-state index is 13.5. The number of nitrogens with one attached hydrogen (secondary N) is 1. The van der Waals surface area contributed by atoms with Crippen LogP contribution in [0.15, 0.2) is 22.8 Å². The van der Waals surface area contributed by atoms with Crippen LogP contribution in [0.25, 0.3) is 11.1 Å². The van der Waals surface area contributed by atoms with Crippen molar-refractivity contribution in [1.29, 1.82) is 0 Å². The first kappa shape index (κ1) is 23.4. The third-order valence-electron chi connectivity index (χ3n) is 6.66. The van der Waals surface area contributed by atoms with Crippen LogP contribution in [-0.2, 0) is 11.3 Å². The number of hydrogen-bond acceptors (Lipinski definition) is 4. The summed E-state index contributed by atoms with van der Waals surface area (Å²) < 4.78 is 7.45. The van der Waals surface area contributed by atoms with Gasteiger partial charge in [0, 0.05) is 31.3 Å². The van der Waals surface area contributed by atoms with Crippen LogP contribution < -0.4 is 5.32 Å². The van der Waals surface area contributed by atoms with Crippen molar-refractivity contribution in [3.05, 3.63) is 24.1 Å². The smallest absolute Gasteiger partial charge is 0.271 e. The summed E-state index contributed by atoms with van der Waals surface area (Å²) in [6.45, 7) is 9.80. The molecule has 2 amide bonds. The zero-order valence-corrected chi connectivity index (χ0v) is 19.9. The molecule has 2 aromatic heterocycles.